The van der Waals surface area contributed by atoms with Crippen LogP contribution in [0.2, 0.25) is 5.02 Å². The quantitative estimate of drug-likeness (QED) is 0.804. The third-order valence-electron chi connectivity index (χ3n) is 4.53. The van der Waals surface area contributed by atoms with E-state index in [-0.39, 0.29) is 18.3 Å². The molecule has 1 aliphatic rings. The Morgan fingerprint density at radius 2 is 1.68 bits per heavy atom. The molecule has 148 valence electrons. The molecule has 0 radical (unpaired) electrons. The Morgan fingerprint density at radius 3 is 2.36 bits per heavy atom. The second-order valence-electron chi connectivity index (χ2n) is 6.66. The van der Waals surface area contributed by atoms with Crippen molar-refractivity contribution < 1.29 is 14.0 Å². The Morgan fingerprint density at radius 1 is 1.00 bits per heavy atom. The van der Waals surface area contributed by atoms with E-state index in [1.54, 1.807) is 30.3 Å². The van der Waals surface area contributed by atoms with Gasteiger partial charge in [-0.3, -0.25) is 19.9 Å². The van der Waals surface area contributed by atoms with Gasteiger partial charge in [-0.2, -0.15) is 0 Å². The summed E-state index contributed by atoms with van der Waals surface area (Å²) < 4.78 is 13.1. The number of piperazine rings is 1. The monoisotopic (exact) mass is 404 g/mol. The molecular formula is C20H22ClFN4O2. The summed E-state index contributed by atoms with van der Waals surface area (Å²) in [5.74, 6) is -0.690. The highest BCUT2D eigenvalue weighted by atomic mass is 35.5. The topological polar surface area (TPSA) is 64.7 Å². The first kappa shape index (κ1) is 20.3. The third kappa shape index (κ3) is 6.02. The van der Waals surface area contributed by atoms with Gasteiger partial charge in [-0.25, -0.2) is 9.18 Å². The molecule has 1 aliphatic heterocycles. The van der Waals surface area contributed by atoms with Crippen molar-refractivity contribution in [1.29, 1.82) is 0 Å². The first-order chi connectivity index (χ1) is 13.5. The first-order valence-corrected chi connectivity index (χ1v) is 9.42. The molecule has 2 N–H and O–H groups in total. The number of hydrogen-bond donors (Lipinski definition) is 2. The summed E-state index contributed by atoms with van der Waals surface area (Å²) >= 11 is 6.08. The molecule has 1 saturated heterocycles. The summed E-state index contributed by atoms with van der Waals surface area (Å²) in [5, 5.41) is 5.38. The van der Waals surface area contributed by atoms with Gasteiger partial charge in [-0.15, -0.1) is 0 Å². The van der Waals surface area contributed by atoms with E-state index in [2.05, 4.69) is 15.5 Å². The number of carbonyl (C=O) groups excluding carboxylic acids is 2. The number of nitrogens with one attached hydrogen (secondary N) is 2. The third-order valence-corrected chi connectivity index (χ3v) is 4.88. The van der Waals surface area contributed by atoms with Crippen LogP contribution in [0.1, 0.15) is 5.56 Å². The maximum Gasteiger partial charge on any atom is 0.325 e. The van der Waals surface area contributed by atoms with Crippen molar-refractivity contribution >= 4 is 29.2 Å². The van der Waals surface area contributed by atoms with Crippen molar-refractivity contribution in [3.05, 3.63) is 64.9 Å². The standard InChI is InChI=1S/C20H22ClFN4O2/c21-18-12-16(22)7-6-15(18)13-25-8-10-26(11-9-25)14-19(27)24-20(28)23-17-4-2-1-3-5-17/h1-7,12H,8-11,13-14H2,(H2,23,24,27,28). The number of urea groups is 1. The maximum absolute atomic E-state index is 13.1. The van der Waals surface area contributed by atoms with E-state index in [9.17, 15) is 14.0 Å². The smallest absolute Gasteiger partial charge is 0.308 e. The van der Waals surface area contributed by atoms with E-state index in [0.29, 0.717) is 30.3 Å². The number of imide groups is 1. The molecule has 28 heavy (non-hydrogen) atoms. The van der Waals surface area contributed by atoms with Crippen LogP contribution in [0.3, 0.4) is 0 Å². The zero-order chi connectivity index (χ0) is 19.9. The minimum atomic E-state index is -0.541. The summed E-state index contributed by atoms with van der Waals surface area (Å²) in [5.41, 5.74) is 1.51. The van der Waals surface area contributed by atoms with Crippen molar-refractivity contribution in [1.82, 2.24) is 15.1 Å². The molecule has 0 saturated carbocycles. The maximum atomic E-state index is 13.1. The molecule has 2 aromatic rings. The number of anilines is 1. The lowest BCUT2D eigenvalue weighted by atomic mass is 10.2. The van der Waals surface area contributed by atoms with Crippen LogP contribution in [0, 0.1) is 5.82 Å². The molecule has 3 amide bonds. The average molecular weight is 405 g/mol. The molecule has 0 atom stereocenters. The molecule has 0 unspecified atom stereocenters. The highest BCUT2D eigenvalue weighted by Gasteiger charge is 2.20. The van der Waals surface area contributed by atoms with Crippen LogP contribution in [-0.4, -0.2) is 54.5 Å². The summed E-state index contributed by atoms with van der Waals surface area (Å²) in [6.45, 7) is 3.72. The van der Waals surface area contributed by atoms with Gasteiger partial charge >= 0.3 is 6.03 Å². The van der Waals surface area contributed by atoms with Crippen LogP contribution >= 0.6 is 11.6 Å². The van der Waals surface area contributed by atoms with E-state index in [1.165, 1.54) is 12.1 Å². The van der Waals surface area contributed by atoms with Crippen LogP contribution < -0.4 is 10.6 Å². The Bertz CT molecular complexity index is 826. The molecule has 0 bridgehead atoms. The van der Waals surface area contributed by atoms with Gasteiger partial charge in [0.05, 0.1) is 6.54 Å². The molecule has 3 rings (SSSR count). The zero-order valence-corrected chi connectivity index (χ0v) is 16.1. The lowest BCUT2D eigenvalue weighted by Crippen LogP contribution is -2.50. The largest absolute Gasteiger partial charge is 0.325 e. The zero-order valence-electron chi connectivity index (χ0n) is 15.3. The van der Waals surface area contributed by atoms with E-state index >= 15 is 0 Å². The van der Waals surface area contributed by atoms with Gasteiger partial charge in [0.25, 0.3) is 0 Å². The lowest BCUT2D eigenvalue weighted by molar-refractivity contribution is -0.121. The number of para-hydroxylation sites is 1. The van der Waals surface area contributed by atoms with Crippen LogP contribution in [0.15, 0.2) is 48.5 Å². The van der Waals surface area contributed by atoms with E-state index in [1.807, 2.05) is 11.0 Å². The minimum Gasteiger partial charge on any atom is -0.308 e. The molecule has 0 aliphatic carbocycles. The summed E-state index contributed by atoms with van der Waals surface area (Å²) in [4.78, 5) is 28.1. The molecule has 1 heterocycles. The molecule has 0 aromatic heterocycles. The average Bonchev–Trinajstić information content (AvgIpc) is 2.66. The molecule has 1 fully saturated rings. The summed E-state index contributed by atoms with van der Waals surface area (Å²) in [7, 11) is 0. The number of rotatable bonds is 5. The van der Waals surface area contributed by atoms with E-state index in [4.69, 9.17) is 11.6 Å². The van der Waals surface area contributed by atoms with Crippen LogP contribution in [0.4, 0.5) is 14.9 Å². The second kappa shape index (κ2) is 9.64. The van der Waals surface area contributed by atoms with Crippen LogP contribution in [0.5, 0.6) is 0 Å². The van der Waals surface area contributed by atoms with Crippen LogP contribution in [0.25, 0.3) is 0 Å². The fourth-order valence-corrected chi connectivity index (χ4v) is 3.28. The van der Waals surface area contributed by atoms with Gasteiger partial charge < -0.3 is 5.32 Å². The number of nitrogens with zero attached hydrogens (tertiary/aromatic N) is 2. The minimum absolute atomic E-state index is 0.160. The Kier molecular flexibility index (Phi) is 6.97. The molecule has 6 nitrogen and oxygen atoms in total. The van der Waals surface area contributed by atoms with Crippen molar-refractivity contribution in [3.63, 3.8) is 0 Å². The number of benzene rings is 2. The summed E-state index contributed by atoms with van der Waals surface area (Å²) in [6.07, 6.45) is 0. The highest BCUT2D eigenvalue weighted by molar-refractivity contribution is 6.31. The molecule has 0 spiro atoms. The normalized spacial score (nSPS) is 15.2. The van der Waals surface area contributed by atoms with Crippen molar-refractivity contribution in [2.45, 2.75) is 6.54 Å². The van der Waals surface area contributed by atoms with Gasteiger partial charge in [0, 0.05) is 43.4 Å². The number of carbonyl (C=O) groups is 2. The first-order valence-electron chi connectivity index (χ1n) is 9.04. The van der Waals surface area contributed by atoms with Gasteiger partial charge in [0.1, 0.15) is 5.82 Å². The molecular weight excluding hydrogens is 383 g/mol. The van der Waals surface area contributed by atoms with Gasteiger partial charge in [0.2, 0.25) is 5.91 Å². The van der Waals surface area contributed by atoms with Crippen molar-refractivity contribution in [3.8, 4) is 0 Å². The fraction of sp³-hybridized carbons (Fsp3) is 0.300. The second-order valence-corrected chi connectivity index (χ2v) is 7.06. The summed E-state index contributed by atoms with van der Waals surface area (Å²) in [6, 6.07) is 12.8. The predicted octanol–water partition coefficient (Wildman–Crippen LogP) is 2.95. The Balaban J connectivity index is 1.40. The number of hydrogen-bond acceptors (Lipinski definition) is 4. The van der Waals surface area contributed by atoms with Gasteiger partial charge in [-0.1, -0.05) is 35.9 Å². The van der Waals surface area contributed by atoms with Gasteiger partial charge in [0.15, 0.2) is 0 Å². The Labute approximate surface area is 168 Å². The van der Waals surface area contributed by atoms with Crippen LogP contribution in [-0.2, 0) is 11.3 Å². The van der Waals surface area contributed by atoms with Gasteiger partial charge in [-0.05, 0) is 29.8 Å². The Hall–Kier alpha value is -2.48. The lowest BCUT2D eigenvalue weighted by Gasteiger charge is -2.34. The highest BCUT2D eigenvalue weighted by Crippen LogP contribution is 2.19. The molecule has 8 heteroatoms. The fourth-order valence-electron chi connectivity index (χ4n) is 3.05. The van der Waals surface area contributed by atoms with E-state index in [0.717, 1.165) is 18.7 Å². The van der Waals surface area contributed by atoms with E-state index < -0.39 is 6.03 Å². The SMILES string of the molecule is O=C(CN1CCN(Cc2ccc(F)cc2Cl)CC1)NC(=O)Nc1ccccc1. The number of amides is 3. The number of halogens is 2. The van der Waals surface area contributed by atoms with Crippen molar-refractivity contribution in [2.75, 3.05) is 38.0 Å². The van der Waals surface area contributed by atoms with Crippen molar-refractivity contribution in [2.24, 2.45) is 0 Å². The predicted molar refractivity (Wildman–Crippen MR) is 107 cm³/mol. The molecule has 2 aromatic carbocycles.